The van der Waals surface area contributed by atoms with E-state index >= 15 is 0 Å². The van der Waals surface area contributed by atoms with E-state index in [1.807, 2.05) is 7.05 Å². The predicted molar refractivity (Wildman–Crippen MR) is 64.9 cm³/mol. The van der Waals surface area contributed by atoms with Gasteiger partial charge < -0.3 is 4.74 Å². The van der Waals surface area contributed by atoms with Crippen LogP contribution in [-0.4, -0.2) is 29.7 Å². The number of hydrogen-bond acceptors (Lipinski definition) is 3. The molecule has 0 amide bonds. The second-order valence-corrected chi connectivity index (χ2v) is 5.69. The molecular formula is C13H23NO2. The fourth-order valence-electron chi connectivity index (χ4n) is 2.14. The van der Waals surface area contributed by atoms with E-state index in [1.165, 1.54) is 6.08 Å². The van der Waals surface area contributed by atoms with Gasteiger partial charge in [0.05, 0.1) is 0 Å². The Labute approximate surface area is 98.5 Å². The lowest BCUT2D eigenvalue weighted by molar-refractivity contribution is -0.176. The van der Waals surface area contributed by atoms with Gasteiger partial charge in [0.2, 0.25) is 0 Å². The van der Waals surface area contributed by atoms with Crippen molar-refractivity contribution in [2.75, 3.05) is 7.05 Å². The van der Waals surface area contributed by atoms with Crippen molar-refractivity contribution < 1.29 is 9.53 Å². The van der Waals surface area contributed by atoms with Crippen molar-refractivity contribution in [3.63, 3.8) is 0 Å². The molecular weight excluding hydrogens is 202 g/mol. The molecule has 0 aromatic rings. The Morgan fingerprint density at radius 2 is 2.00 bits per heavy atom. The Balaban J connectivity index is 2.80. The Morgan fingerprint density at radius 3 is 2.50 bits per heavy atom. The molecule has 0 aromatic heterocycles. The number of carbonyl (C=O) groups excluding carboxylic acids is 1. The molecule has 3 nitrogen and oxygen atoms in total. The Hall–Kier alpha value is -0.830. The first-order valence-electron chi connectivity index (χ1n) is 5.78. The molecule has 1 aliphatic heterocycles. The SMILES string of the molecule is C=CC(=O)OC1CCC(C)(C)C(C)(C)N1C. The van der Waals surface area contributed by atoms with Gasteiger partial charge in [0.25, 0.3) is 0 Å². The van der Waals surface area contributed by atoms with Crippen molar-refractivity contribution in [2.45, 2.75) is 52.3 Å². The summed E-state index contributed by atoms with van der Waals surface area (Å²) in [5.41, 5.74) is 0.232. The van der Waals surface area contributed by atoms with Crippen molar-refractivity contribution in [1.82, 2.24) is 4.90 Å². The molecule has 0 aromatic carbocycles. The minimum Gasteiger partial charge on any atom is -0.443 e. The number of nitrogens with zero attached hydrogens (tertiary/aromatic N) is 1. The lowest BCUT2D eigenvalue weighted by Crippen LogP contribution is -2.60. The number of rotatable bonds is 2. The lowest BCUT2D eigenvalue weighted by atomic mass is 9.68. The molecule has 16 heavy (non-hydrogen) atoms. The maximum Gasteiger partial charge on any atom is 0.331 e. The van der Waals surface area contributed by atoms with Gasteiger partial charge in [-0.15, -0.1) is 0 Å². The van der Waals surface area contributed by atoms with Crippen LogP contribution in [0.2, 0.25) is 0 Å². The van der Waals surface area contributed by atoms with E-state index in [1.54, 1.807) is 0 Å². The van der Waals surface area contributed by atoms with Crippen LogP contribution in [0.25, 0.3) is 0 Å². The van der Waals surface area contributed by atoms with Crippen molar-refractivity contribution in [1.29, 1.82) is 0 Å². The van der Waals surface area contributed by atoms with E-state index in [-0.39, 0.29) is 23.2 Å². The summed E-state index contributed by atoms with van der Waals surface area (Å²) < 4.78 is 5.35. The molecule has 0 aliphatic carbocycles. The summed E-state index contributed by atoms with van der Waals surface area (Å²) in [6, 6.07) is 0. The fraction of sp³-hybridized carbons (Fsp3) is 0.769. The molecule has 0 spiro atoms. The topological polar surface area (TPSA) is 29.5 Å². The molecule has 92 valence electrons. The van der Waals surface area contributed by atoms with Gasteiger partial charge >= 0.3 is 5.97 Å². The van der Waals surface area contributed by atoms with Gasteiger partial charge in [-0.3, -0.25) is 4.90 Å². The van der Waals surface area contributed by atoms with Gasteiger partial charge in [0, 0.05) is 11.6 Å². The van der Waals surface area contributed by atoms with Crippen molar-refractivity contribution >= 4 is 5.97 Å². The minimum atomic E-state index is -0.340. The predicted octanol–water partition coefficient (Wildman–Crippen LogP) is 2.57. The van der Waals surface area contributed by atoms with E-state index in [0.29, 0.717) is 0 Å². The Morgan fingerprint density at radius 1 is 1.44 bits per heavy atom. The summed E-state index contributed by atoms with van der Waals surface area (Å²) in [5, 5.41) is 0. The molecule has 1 aliphatic rings. The lowest BCUT2D eigenvalue weighted by Gasteiger charge is -2.54. The third-order valence-corrected chi connectivity index (χ3v) is 4.41. The highest BCUT2D eigenvalue weighted by Gasteiger charge is 2.47. The van der Waals surface area contributed by atoms with E-state index in [9.17, 15) is 4.79 Å². The van der Waals surface area contributed by atoms with E-state index in [2.05, 4.69) is 39.2 Å². The molecule has 3 heteroatoms. The maximum absolute atomic E-state index is 11.2. The van der Waals surface area contributed by atoms with Crippen LogP contribution in [0.3, 0.4) is 0 Å². The van der Waals surface area contributed by atoms with Gasteiger partial charge in [0.1, 0.15) is 0 Å². The summed E-state index contributed by atoms with van der Waals surface area (Å²) in [6.07, 6.45) is 3.03. The quantitative estimate of drug-likeness (QED) is 0.534. The van der Waals surface area contributed by atoms with Crippen LogP contribution in [0.4, 0.5) is 0 Å². The molecule has 1 atom stereocenters. The van der Waals surface area contributed by atoms with Crippen LogP contribution >= 0.6 is 0 Å². The monoisotopic (exact) mass is 225 g/mol. The number of esters is 1. The number of hydrogen-bond donors (Lipinski definition) is 0. The highest BCUT2D eigenvalue weighted by molar-refractivity contribution is 5.81. The highest BCUT2D eigenvalue weighted by atomic mass is 16.6. The standard InChI is InChI=1S/C13H23NO2/c1-7-11(15)16-10-8-9-12(2,3)13(4,5)14(10)6/h7,10H,1,8-9H2,2-6H3. The largest absolute Gasteiger partial charge is 0.443 e. The number of likely N-dealkylation sites (tertiary alicyclic amines) is 1. The molecule has 1 rings (SSSR count). The van der Waals surface area contributed by atoms with Crippen LogP contribution < -0.4 is 0 Å². The second kappa shape index (κ2) is 4.21. The average Bonchev–Trinajstić information content (AvgIpc) is 2.20. The number of piperidine rings is 1. The molecule has 0 saturated carbocycles. The molecule has 1 fully saturated rings. The normalized spacial score (nSPS) is 28.4. The summed E-state index contributed by atoms with van der Waals surface area (Å²) in [5.74, 6) is -0.340. The molecule has 0 radical (unpaired) electrons. The zero-order valence-electron chi connectivity index (χ0n) is 11.0. The van der Waals surface area contributed by atoms with Crippen LogP contribution in [0, 0.1) is 5.41 Å². The second-order valence-electron chi connectivity index (χ2n) is 5.69. The smallest absolute Gasteiger partial charge is 0.331 e. The third-order valence-electron chi connectivity index (χ3n) is 4.41. The summed E-state index contributed by atoms with van der Waals surface area (Å²) in [6.45, 7) is 12.3. The van der Waals surface area contributed by atoms with E-state index in [0.717, 1.165) is 12.8 Å². The maximum atomic E-state index is 11.2. The van der Waals surface area contributed by atoms with Gasteiger partial charge in [-0.1, -0.05) is 20.4 Å². The zero-order chi connectivity index (χ0) is 12.6. The molecule has 1 unspecified atom stereocenters. The third kappa shape index (κ3) is 2.14. The van der Waals surface area contributed by atoms with Crippen LogP contribution in [-0.2, 0) is 9.53 Å². The summed E-state index contributed by atoms with van der Waals surface area (Å²) in [4.78, 5) is 13.4. The number of carbonyl (C=O) groups is 1. The van der Waals surface area contributed by atoms with Crippen molar-refractivity contribution in [2.24, 2.45) is 5.41 Å². The van der Waals surface area contributed by atoms with Crippen LogP contribution in [0.15, 0.2) is 12.7 Å². The van der Waals surface area contributed by atoms with Gasteiger partial charge in [-0.05, 0) is 39.2 Å². The average molecular weight is 225 g/mol. The first-order chi connectivity index (χ1) is 7.22. The molecule has 0 bridgehead atoms. The summed E-state index contributed by atoms with van der Waals surface area (Å²) in [7, 11) is 2.02. The van der Waals surface area contributed by atoms with Crippen LogP contribution in [0.1, 0.15) is 40.5 Å². The van der Waals surface area contributed by atoms with Gasteiger partial charge in [0.15, 0.2) is 6.23 Å². The first kappa shape index (κ1) is 13.2. The fourth-order valence-corrected chi connectivity index (χ4v) is 2.14. The highest BCUT2D eigenvalue weighted by Crippen LogP contribution is 2.44. The van der Waals surface area contributed by atoms with Gasteiger partial charge in [-0.25, -0.2) is 4.79 Å². The molecule has 0 N–H and O–H groups in total. The molecule has 1 heterocycles. The van der Waals surface area contributed by atoms with E-state index in [4.69, 9.17) is 4.74 Å². The number of ether oxygens (including phenoxy) is 1. The summed E-state index contributed by atoms with van der Waals surface area (Å²) >= 11 is 0. The zero-order valence-corrected chi connectivity index (χ0v) is 11.0. The molecule has 1 saturated heterocycles. The van der Waals surface area contributed by atoms with Crippen molar-refractivity contribution in [3.8, 4) is 0 Å². The van der Waals surface area contributed by atoms with Crippen LogP contribution in [0.5, 0.6) is 0 Å². The first-order valence-corrected chi connectivity index (χ1v) is 5.78. The van der Waals surface area contributed by atoms with Crippen molar-refractivity contribution in [3.05, 3.63) is 12.7 Å². The minimum absolute atomic E-state index is 0.0113. The van der Waals surface area contributed by atoms with E-state index < -0.39 is 0 Å². The van der Waals surface area contributed by atoms with Gasteiger partial charge in [-0.2, -0.15) is 0 Å². The Bertz CT molecular complexity index is 294. The Kier molecular flexibility index (Phi) is 3.48.